The van der Waals surface area contributed by atoms with Gasteiger partial charge in [0.1, 0.15) is 17.6 Å². The number of para-hydroxylation sites is 1. The number of hydrogen-bond donors (Lipinski definition) is 1. The third-order valence-corrected chi connectivity index (χ3v) is 6.21. The molecule has 2 amide bonds. The Kier molecular flexibility index (Phi) is 9.32. The standard InChI is InChI=1S/C28H30ClN5O5/c1-19(2)15-23(34-18-21(16-26(34)35)39-24-9-4-3-8-22(24)29)27(36)31-25-10-13-33(32-25)12-6-14-38-28(37)20-7-5-11-30-17-20/h3-5,7-11,13,16-17,19,23H,6,12,14-15,18H2,1-2H3,(H,31,32,36). The SMILES string of the molecule is CC(C)CC(C(=O)Nc1ccn(CCCOC(=O)c2cccnc2)n1)N1CC(Oc2ccccc2Cl)=CC1=O. The van der Waals surface area contributed by atoms with Crippen LogP contribution in [0, 0.1) is 5.92 Å². The van der Waals surface area contributed by atoms with E-state index in [0.717, 1.165) is 0 Å². The van der Waals surface area contributed by atoms with Crippen molar-refractivity contribution in [2.24, 2.45) is 5.92 Å². The van der Waals surface area contributed by atoms with E-state index in [9.17, 15) is 14.4 Å². The summed E-state index contributed by atoms with van der Waals surface area (Å²) in [5.41, 5.74) is 0.395. The molecule has 0 bridgehead atoms. The third kappa shape index (κ3) is 7.67. The summed E-state index contributed by atoms with van der Waals surface area (Å²) in [4.78, 5) is 43.5. The van der Waals surface area contributed by atoms with E-state index in [1.165, 1.54) is 17.2 Å². The fourth-order valence-corrected chi connectivity index (χ4v) is 4.22. The Hall–Kier alpha value is -4.18. The van der Waals surface area contributed by atoms with Crippen LogP contribution in [0.3, 0.4) is 0 Å². The lowest BCUT2D eigenvalue weighted by molar-refractivity contribution is -0.133. The molecule has 3 heterocycles. The molecule has 0 aliphatic carbocycles. The Morgan fingerprint density at radius 1 is 1.15 bits per heavy atom. The van der Waals surface area contributed by atoms with Crippen LogP contribution in [-0.4, -0.2) is 56.6 Å². The molecule has 1 aliphatic heterocycles. The largest absolute Gasteiger partial charge is 0.462 e. The molecular formula is C28H30ClN5O5. The molecule has 0 saturated heterocycles. The van der Waals surface area contributed by atoms with Crippen molar-refractivity contribution in [2.45, 2.75) is 39.3 Å². The highest BCUT2D eigenvalue weighted by Gasteiger charge is 2.35. The number of halogens is 1. The summed E-state index contributed by atoms with van der Waals surface area (Å²) in [7, 11) is 0. The van der Waals surface area contributed by atoms with Crippen LogP contribution in [-0.2, 0) is 20.9 Å². The van der Waals surface area contributed by atoms with Crippen molar-refractivity contribution in [3.63, 3.8) is 0 Å². The van der Waals surface area contributed by atoms with Crippen molar-refractivity contribution >= 4 is 35.2 Å². The monoisotopic (exact) mass is 551 g/mol. The highest BCUT2D eigenvalue weighted by molar-refractivity contribution is 6.32. The molecule has 3 aromatic rings. The van der Waals surface area contributed by atoms with Gasteiger partial charge in [0.15, 0.2) is 5.82 Å². The molecule has 0 radical (unpaired) electrons. The molecule has 39 heavy (non-hydrogen) atoms. The van der Waals surface area contributed by atoms with Gasteiger partial charge >= 0.3 is 5.97 Å². The van der Waals surface area contributed by atoms with E-state index in [0.29, 0.717) is 47.3 Å². The van der Waals surface area contributed by atoms with E-state index < -0.39 is 12.0 Å². The van der Waals surface area contributed by atoms with Crippen LogP contribution in [0.4, 0.5) is 5.82 Å². The van der Waals surface area contributed by atoms with Crippen molar-refractivity contribution < 1.29 is 23.9 Å². The van der Waals surface area contributed by atoms with Crippen LogP contribution < -0.4 is 10.1 Å². The molecule has 1 unspecified atom stereocenters. The van der Waals surface area contributed by atoms with Gasteiger partial charge in [-0.25, -0.2) is 4.79 Å². The Bertz CT molecular complexity index is 1340. The lowest BCUT2D eigenvalue weighted by Crippen LogP contribution is -2.46. The first-order chi connectivity index (χ1) is 18.8. The second kappa shape index (κ2) is 13.1. The summed E-state index contributed by atoms with van der Waals surface area (Å²) in [5.74, 6) is 0.330. The molecule has 4 rings (SSSR count). The summed E-state index contributed by atoms with van der Waals surface area (Å²) in [6, 6.07) is 11.3. The van der Waals surface area contributed by atoms with Gasteiger partial charge in [0.2, 0.25) is 5.91 Å². The van der Waals surface area contributed by atoms with E-state index >= 15 is 0 Å². The lowest BCUT2D eigenvalue weighted by atomic mass is 10.0. The van der Waals surface area contributed by atoms with Crippen molar-refractivity contribution in [1.82, 2.24) is 19.7 Å². The smallest absolute Gasteiger partial charge is 0.339 e. The molecule has 1 aliphatic rings. The minimum atomic E-state index is -0.710. The van der Waals surface area contributed by atoms with E-state index in [2.05, 4.69) is 15.4 Å². The molecule has 0 fully saturated rings. The number of benzene rings is 1. The number of aromatic nitrogens is 3. The van der Waals surface area contributed by atoms with Crippen LogP contribution >= 0.6 is 11.6 Å². The number of nitrogens with zero attached hydrogens (tertiary/aromatic N) is 4. The van der Waals surface area contributed by atoms with E-state index in [1.807, 2.05) is 13.8 Å². The van der Waals surface area contributed by atoms with Gasteiger partial charge in [-0.1, -0.05) is 37.6 Å². The van der Waals surface area contributed by atoms with Crippen LogP contribution in [0.15, 0.2) is 72.9 Å². The van der Waals surface area contributed by atoms with Crippen molar-refractivity contribution in [3.8, 4) is 5.75 Å². The van der Waals surface area contributed by atoms with Crippen molar-refractivity contribution in [1.29, 1.82) is 0 Å². The molecule has 11 heteroatoms. The molecule has 1 N–H and O–H groups in total. The Labute approximate surface area is 231 Å². The topological polar surface area (TPSA) is 116 Å². The Balaban J connectivity index is 1.30. The highest BCUT2D eigenvalue weighted by Crippen LogP contribution is 2.28. The first-order valence-corrected chi connectivity index (χ1v) is 13.0. The van der Waals surface area contributed by atoms with Gasteiger partial charge in [-0.15, -0.1) is 0 Å². The van der Waals surface area contributed by atoms with Crippen LogP contribution in [0.1, 0.15) is 37.0 Å². The Morgan fingerprint density at radius 2 is 1.97 bits per heavy atom. The van der Waals surface area contributed by atoms with Gasteiger partial charge in [-0.05, 0) is 36.6 Å². The molecule has 1 aromatic carbocycles. The van der Waals surface area contributed by atoms with Gasteiger partial charge in [0.25, 0.3) is 5.91 Å². The normalized spacial score (nSPS) is 13.8. The number of hydrogen-bond acceptors (Lipinski definition) is 7. The van der Waals surface area contributed by atoms with Crippen molar-refractivity contribution in [2.75, 3.05) is 18.5 Å². The fourth-order valence-electron chi connectivity index (χ4n) is 4.05. The van der Waals surface area contributed by atoms with E-state index in [4.69, 9.17) is 21.1 Å². The van der Waals surface area contributed by atoms with Crippen molar-refractivity contribution in [3.05, 3.63) is 83.5 Å². The quantitative estimate of drug-likeness (QED) is 0.263. The molecule has 2 aromatic heterocycles. The average Bonchev–Trinajstić information content (AvgIpc) is 3.52. The van der Waals surface area contributed by atoms with Crippen LogP contribution in [0.2, 0.25) is 5.02 Å². The summed E-state index contributed by atoms with van der Waals surface area (Å²) in [5, 5.41) is 7.65. The van der Waals surface area contributed by atoms with Crippen LogP contribution in [0.5, 0.6) is 5.75 Å². The number of esters is 1. The number of rotatable bonds is 12. The Morgan fingerprint density at radius 3 is 2.72 bits per heavy atom. The molecule has 0 saturated carbocycles. The first-order valence-electron chi connectivity index (χ1n) is 12.6. The van der Waals surface area contributed by atoms with Gasteiger partial charge in [0, 0.05) is 43.7 Å². The number of ether oxygens (including phenoxy) is 2. The maximum atomic E-state index is 13.3. The number of carbonyl (C=O) groups excluding carboxylic acids is 3. The molecule has 0 spiro atoms. The minimum absolute atomic E-state index is 0.154. The third-order valence-electron chi connectivity index (χ3n) is 5.90. The first kappa shape index (κ1) is 27.8. The average molecular weight is 552 g/mol. The summed E-state index contributed by atoms with van der Waals surface area (Å²) in [6.07, 6.45) is 7.17. The van der Waals surface area contributed by atoms with Gasteiger partial charge < -0.3 is 19.7 Å². The second-order valence-corrected chi connectivity index (χ2v) is 9.85. The maximum absolute atomic E-state index is 13.3. The predicted octanol–water partition coefficient (Wildman–Crippen LogP) is 4.34. The maximum Gasteiger partial charge on any atom is 0.339 e. The number of amides is 2. The molecule has 204 valence electrons. The number of anilines is 1. The van der Waals surface area contributed by atoms with Gasteiger partial charge in [0.05, 0.1) is 23.7 Å². The second-order valence-electron chi connectivity index (χ2n) is 9.44. The predicted molar refractivity (Wildman–Crippen MR) is 145 cm³/mol. The number of aryl methyl sites for hydroxylation is 1. The summed E-state index contributed by atoms with van der Waals surface area (Å²) < 4.78 is 12.8. The zero-order chi connectivity index (χ0) is 27.8. The zero-order valence-corrected chi connectivity index (χ0v) is 22.5. The minimum Gasteiger partial charge on any atom is -0.462 e. The molecule has 10 nitrogen and oxygen atoms in total. The summed E-state index contributed by atoms with van der Waals surface area (Å²) >= 11 is 6.18. The van der Waals surface area contributed by atoms with Gasteiger partial charge in [-0.3, -0.25) is 19.3 Å². The molecular weight excluding hydrogens is 522 g/mol. The number of carbonyl (C=O) groups is 3. The van der Waals surface area contributed by atoms with Gasteiger partial charge in [-0.2, -0.15) is 5.10 Å². The highest BCUT2D eigenvalue weighted by atomic mass is 35.5. The fraction of sp³-hybridized carbons (Fsp3) is 0.321. The summed E-state index contributed by atoms with van der Waals surface area (Å²) in [6.45, 7) is 4.84. The van der Waals surface area contributed by atoms with E-state index in [1.54, 1.807) is 59.5 Å². The van der Waals surface area contributed by atoms with E-state index in [-0.39, 0.29) is 30.9 Å². The molecule has 1 atom stereocenters. The lowest BCUT2D eigenvalue weighted by Gasteiger charge is -2.28. The zero-order valence-electron chi connectivity index (χ0n) is 21.7. The number of nitrogens with one attached hydrogen (secondary N) is 1. The van der Waals surface area contributed by atoms with Crippen LogP contribution in [0.25, 0.3) is 0 Å². The number of pyridine rings is 1.